The third-order valence-electron chi connectivity index (χ3n) is 2.88. The van der Waals surface area contributed by atoms with Gasteiger partial charge in [-0.15, -0.1) is 5.10 Å². The number of benzene rings is 1. The van der Waals surface area contributed by atoms with Crippen LogP contribution in [0, 0.1) is 0 Å². The molecule has 8 heteroatoms. The number of aromatic amines is 1. The van der Waals surface area contributed by atoms with E-state index in [2.05, 4.69) is 37.6 Å². The van der Waals surface area contributed by atoms with E-state index in [9.17, 15) is 4.79 Å². The van der Waals surface area contributed by atoms with Gasteiger partial charge in [-0.05, 0) is 18.6 Å². The summed E-state index contributed by atoms with van der Waals surface area (Å²) in [5.41, 5.74) is 1.52. The molecule has 0 aliphatic carbocycles. The molecule has 2 aromatic heterocycles. The maximum absolute atomic E-state index is 11.9. The fourth-order valence-electron chi connectivity index (χ4n) is 1.97. The number of fused-ring (bicyclic) bond motifs is 1. The van der Waals surface area contributed by atoms with Crippen molar-refractivity contribution >= 4 is 22.9 Å². The predicted octanol–water partition coefficient (Wildman–Crippen LogP) is 1.14. The van der Waals surface area contributed by atoms with Crippen LogP contribution in [0.4, 0.5) is 5.95 Å². The lowest BCUT2D eigenvalue weighted by atomic mass is 10.3. The number of carbonyl (C=O) groups is 1. The number of aryl methyl sites for hydroxylation is 1. The van der Waals surface area contributed by atoms with E-state index < -0.39 is 0 Å². The number of carbonyl (C=O) groups excluding carboxylic acids is 1. The molecule has 2 N–H and O–H groups in total. The second kappa shape index (κ2) is 5.70. The Morgan fingerprint density at radius 3 is 2.67 bits per heavy atom. The highest BCUT2D eigenvalue weighted by Gasteiger charge is 2.10. The average molecular weight is 285 g/mol. The molecule has 0 saturated heterocycles. The molecule has 1 amide bonds. The number of hydrogen-bond acceptors (Lipinski definition) is 5. The average Bonchev–Trinajstić information content (AvgIpc) is 3.05. The monoisotopic (exact) mass is 285 g/mol. The lowest BCUT2D eigenvalue weighted by Crippen LogP contribution is -2.21. The Hall–Kier alpha value is -2.77. The second-order valence-electron chi connectivity index (χ2n) is 4.62. The third-order valence-corrected chi connectivity index (χ3v) is 2.88. The van der Waals surface area contributed by atoms with E-state index >= 15 is 0 Å². The first-order chi connectivity index (χ1) is 10.2. The lowest BCUT2D eigenvalue weighted by Gasteiger charge is -1.99. The van der Waals surface area contributed by atoms with Gasteiger partial charge in [-0.3, -0.25) is 15.2 Å². The van der Waals surface area contributed by atoms with Gasteiger partial charge < -0.3 is 0 Å². The summed E-state index contributed by atoms with van der Waals surface area (Å²) in [5.74, 6) is 0.772. The van der Waals surface area contributed by atoms with Crippen molar-refractivity contribution in [3.05, 3.63) is 30.1 Å². The van der Waals surface area contributed by atoms with Gasteiger partial charge in [0, 0.05) is 6.42 Å². The molecular formula is C13H15N7O. The predicted molar refractivity (Wildman–Crippen MR) is 76.5 cm³/mol. The summed E-state index contributed by atoms with van der Waals surface area (Å²) in [7, 11) is 0. The van der Waals surface area contributed by atoms with Gasteiger partial charge in [0.2, 0.25) is 11.9 Å². The van der Waals surface area contributed by atoms with Crippen molar-refractivity contribution in [2.45, 2.75) is 26.3 Å². The van der Waals surface area contributed by atoms with Crippen molar-refractivity contribution in [1.29, 1.82) is 0 Å². The molecule has 3 aromatic rings. The van der Waals surface area contributed by atoms with Crippen LogP contribution in [0.3, 0.4) is 0 Å². The first kappa shape index (κ1) is 13.2. The first-order valence-electron chi connectivity index (χ1n) is 6.75. The molecule has 0 radical (unpaired) electrons. The normalized spacial score (nSPS) is 10.9. The van der Waals surface area contributed by atoms with Crippen molar-refractivity contribution in [1.82, 2.24) is 30.2 Å². The lowest BCUT2D eigenvalue weighted by molar-refractivity contribution is -0.117. The van der Waals surface area contributed by atoms with Gasteiger partial charge in [0.25, 0.3) is 0 Å². The van der Waals surface area contributed by atoms with Crippen LogP contribution in [0.1, 0.15) is 19.2 Å². The van der Waals surface area contributed by atoms with Gasteiger partial charge in [0.15, 0.2) is 0 Å². The summed E-state index contributed by atoms with van der Waals surface area (Å²) in [6.45, 7) is 2.07. The Kier molecular flexibility index (Phi) is 3.59. The fourth-order valence-corrected chi connectivity index (χ4v) is 1.97. The summed E-state index contributed by atoms with van der Waals surface area (Å²) in [6.07, 6.45) is 1.77. The smallest absolute Gasteiger partial charge is 0.250 e. The topological polar surface area (TPSA) is 101 Å². The van der Waals surface area contributed by atoms with Gasteiger partial charge in [-0.2, -0.15) is 20.0 Å². The largest absolute Gasteiger partial charge is 0.292 e. The molecule has 0 bridgehead atoms. The Morgan fingerprint density at radius 2 is 2.00 bits per heavy atom. The summed E-state index contributed by atoms with van der Waals surface area (Å²) < 4.78 is 0. The molecule has 0 aliphatic rings. The van der Waals surface area contributed by atoms with E-state index in [1.54, 1.807) is 0 Å². The van der Waals surface area contributed by atoms with Gasteiger partial charge >= 0.3 is 0 Å². The van der Waals surface area contributed by atoms with Crippen LogP contribution in [0.5, 0.6) is 0 Å². The molecule has 1 aromatic carbocycles. The van der Waals surface area contributed by atoms with Crippen molar-refractivity contribution in [3.8, 4) is 0 Å². The van der Waals surface area contributed by atoms with Gasteiger partial charge in [-0.25, -0.2) is 0 Å². The highest BCUT2D eigenvalue weighted by Crippen LogP contribution is 2.07. The van der Waals surface area contributed by atoms with Crippen molar-refractivity contribution in [2.75, 3.05) is 5.32 Å². The second-order valence-corrected chi connectivity index (χ2v) is 4.62. The minimum atomic E-state index is -0.266. The summed E-state index contributed by atoms with van der Waals surface area (Å²) >= 11 is 0. The summed E-state index contributed by atoms with van der Waals surface area (Å²) in [4.78, 5) is 17.5. The van der Waals surface area contributed by atoms with Crippen LogP contribution in [0.25, 0.3) is 11.0 Å². The molecule has 108 valence electrons. The maximum atomic E-state index is 11.9. The zero-order chi connectivity index (χ0) is 14.7. The third kappa shape index (κ3) is 3.04. The summed E-state index contributed by atoms with van der Waals surface area (Å²) in [6, 6.07) is 7.46. The van der Waals surface area contributed by atoms with Crippen molar-refractivity contribution < 1.29 is 4.79 Å². The number of hydrogen-bond donors (Lipinski definition) is 2. The number of amides is 1. The first-order valence-corrected chi connectivity index (χ1v) is 6.75. The quantitative estimate of drug-likeness (QED) is 0.732. The number of nitrogens with zero attached hydrogens (tertiary/aromatic N) is 5. The van der Waals surface area contributed by atoms with Gasteiger partial charge in [-0.1, -0.05) is 19.1 Å². The van der Waals surface area contributed by atoms with E-state index in [0.717, 1.165) is 29.7 Å². The van der Waals surface area contributed by atoms with E-state index in [4.69, 9.17) is 0 Å². The molecule has 21 heavy (non-hydrogen) atoms. The zero-order valence-corrected chi connectivity index (χ0v) is 11.6. The van der Waals surface area contributed by atoms with E-state index in [0.29, 0.717) is 0 Å². The van der Waals surface area contributed by atoms with Crippen LogP contribution in [-0.2, 0) is 17.8 Å². The zero-order valence-electron chi connectivity index (χ0n) is 11.6. The maximum Gasteiger partial charge on any atom is 0.250 e. The van der Waals surface area contributed by atoms with E-state index in [-0.39, 0.29) is 18.4 Å². The highest BCUT2D eigenvalue weighted by molar-refractivity contribution is 5.88. The molecular weight excluding hydrogens is 270 g/mol. The van der Waals surface area contributed by atoms with Gasteiger partial charge in [0.1, 0.15) is 23.4 Å². The SMILES string of the molecule is CCCc1nc(NC(=O)Cn2nc3ccccc3n2)n[nH]1. The number of nitrogens with one attached hydrogen (secondary N) is 2. The molecule has 3 rings (SSSR count). The molecule has 0 unspecified atom stereocenters. The van der Waals surface area contributed by atoms with Crippen molar-refractivity contribution in [2.24, 2.45) is 0 Å². The van der Waals surface area contributed by atoms with Crippen LogP contribution >= 0.6 is 0 Å². The van der Waals surface area contributed by atoms with Crippen LogP contribution in [0.2, 0.25) is 0 Å². The number of rotatable bonds is 5. The molecule has 0 spiro atoms. The molecule has 0 aliphatic heterocycles. The van der Waals surface area contributed by atoms with E-state index in [1.165, 1.54) is 4.80 Å². The van der Waals surface area contributed by atoms with Crippen LogP contribution in [0.15, 0.2) is 24.3 Å². The molecule has 0 atom stereocenters. The Morgan fingerprint density at radius 1 is 1.29 bits per heavy atom. The standard InChI is InChI=1S/C13H15N7O/c1-2-5-11-14-13(17-16-11)15-12(21)8-20-18-9-6-3-4-7-10(9)19-20/h3-4,6-7H,2,5,8H2,1H3,(H2,14,15,16,17,21). The molecule has 2 heterocycles. The minimum absolute atomic E-state index is 0.0202. The van der Waals surface area contributed by atoms with E-state index in [1.807, 2.05) is 24.3 Å². The Labute approximate surface area is 120 Å². The number of aromatic nitrogens is 6. The fraction of sp³-hybridized carbons (Fsp3) is 0.308. The number of H-pyrrole nitrogens is 1. The van der Waals surface area contributed by atoms with Gasteiger partial charge in [0.05, 0.1) is 0 Å². The Balaban J connectivity index is 1.65. The van der Waals surface area contributed by atoms with Crippen LogP contribution in [-0.4, -0.2) is 36.1 Å². The number of anilines is 1. The van der Waals surface area contributed by atoms with Crippen molar-refractivity contribution in [3.63, 3.8) is 0 Å². The van der Waals surface area contributed by atoms with Crippen LogP contribution < -0.4 is 5.32 Å². The Bertz CT molecular complexity index is 728. The molecule has 0 saturated carbocycles. The molecule has 0 fully saturated rings. The molecule has 8 nitrogen and oxygen atoms in total. The minimum Gasteiger partial charge on any atom is -0.292 e. The summed E-state index contributed by atoms with van der Waals surface area (Å²) in [5, 5.41) is 17.8. The highest BCUT2D eigenvalue weighted by atomic mass is 16.2.